The van der Waals surface area contributed by atoms with Crippen LogP contribution >= 0.6 is 11.6 Å². The first-order valence-electron chi connectivity index (χ1n) is 12.2. The first-order chi connectivity index (χ1) is 16.3. The van der Waals surface area contributed by atoms with Crippen LogP contribution in [0.1, 0.15) is 57.6 Å². The van der Waals surface area contributed by atoms with E-state index in [-0.39, 0.29) is 47.7 Å². The first-order valence-corrected chi connectivity index (χ1v) is 12.6. The Hall–Kier alpha value is -2.04. The molecule has 0 bridgehead atoms. The molecular weight excluding hydrogens is 463 g/mol. The van der Waals surface area contributed by atoms with Crippen LogP contribution in [-0.4, -0.2) is 75.7 Å². The molecule has 2 saturated heterocycles. The van der Waals surface area contributed by atoms with Gasteiger partial charge in [0, 0.05) is 13.1 Å². The van der Waals surface area contributed by atoms with Crippen LogP contribution in [-0.2, 0) is 16.1 Å². The van der Waals surface area contributed by atoms with E-state index in [1.165, 1.54) is 12.8 Å². The summed E-state index contributed by atoms with van der Waals surface area (Å²) in [7, 11) is 0. The van der Waals surface area contributed by atoms with E-state index in [9.17, 15) is 14.8 Å². The molecule has 1 aromatic heterocycles. The van der Waals surface area contributed by atoms with E-state index >= 15 is 4.39 Å². The molecular formula is C23H34ClFN6O3. The molecule has 2 amide bonds. The van der Waals surface area contributed by atoms with Crippen LogP contribution in [0, 0.1) is 17.7 Å². The zero-order chi connectivity index (χ0) is 24.3. The molecule has 9 nitrogen and oxygen atoms in total. The van der Waals surface area contributed by atoms with Crippen molar-refractivity contribution in [3.63, 3.8) is 0 Å². The van der Waals surface area contributed by atoms with Crippen molar-refractivity contribution in [1.82, 2.24) is 25.2 Å². The third-order valence-electron chi connectivity index (χ3n) is 7.53. The fraction of sp³-hybridized carbons (Fsp3) is 0.739. The molecule has 3 heterocycles. The average molecular weight is 497 g/mol. The third-order valence-corrected chi connectivity index (χ3v) is 7.70. The second-order valence-electron chi connectivity index (χ2n) is 10.2. The largest absolute Gasteiger partial charge is 0.350 e. The van der Waals surface area contributed by atoms with Gasteiger partial charge in [-0.3, -0.25) is 19.7 Å². The third kappa shape index (κ3) is 5.60. The summed E-state index contributed by atoms with van der Waals surface area (Å²) in [6.45, 7) is 5.37. The molecule has 3 fully saturated rings. The zero-order valence-electron chi connectivity index (χ0n) is 19.7. The summed E-state index contributed by atoms with van der Waals surface area (Å²) in [6.07, 6.45) is 7.54. The molecule has 1 saturated carbocycles. The summed E-state index contributed by atoms with van der Waals surface area (Å²) in [5.74, 6) is -0.990. The predicted molar refractivity (Wildman–Crippen MR) is 125 cm³/mol. The van der Waals surface area contributed by atoms with E-state index in [0.29, 0.717) is 30.5 Å². The highest BCUT2D eigenvalue weighted by molar-refractivity contribution is 6.28. The number of anilines is 1. The lowest BCUT2D eigenvalue weighted by Gasteiger charge is -2.53. The number of hydroxylamine groups is 2. The number of hydrogen-bond donors (Lipinski definition) is 2. The Bertz CT molecular complexity index is 888. The van der Waals surface area contributed by atoms with Crippen LogP contribution in [0.2, 0.25) is 5.28 Å². The van der Waals surface area contributed by atoms with Crippen molar-refractivity contribution in [3.05, 3.63) is 16.8 Å². The van der Waals surface area contributed by atoms with Crippen LogP contribution in [0.15, 0.2) is 0 Å². The summed E-state index contributed by atoms with van der Waals surface area (Å²) in [5.41, 5.74) is 0.0192. The van der Waals surface area contributed by atoms with Crippen molar-refractivity contribution in [2.75, 3.05) is 37.6 Å². The average Bonchev–Trinajstić information content (AvgIpc) is 3.51. The Labute approximate surface area is 204 Å². The maximum atomic E-state index is 15.3. The summed E-state index contributed by atoms with van der Waals surface area (Å²) >= 11 is 6.11. The molecule has 34 heavy (non-hydrogen) atoms. The zero-order valence-corrected chi connectivity index (χ0v) is 20.4. The molecule has 3 aliphatic rings. The van der Waals surface area contributed by atoms with Gasteiger partial charge >= 0.3 is 0 Å². The van der Waals surface area contributed by atoms with Crippen LogP contribution in [0.4, 0.5) is 10.2 Å². The fourth-order valence-corrected chi connectivity index (χ4v) is 5.84. The highest BCUT2D eigenvalue weighted by Gasteiger charge is 2.46. The Morgan fingerprint density at radius 1 is 1.29 bits per heavy atom. The number of amides is 2. The molecule has 2 aliphatic heterocycles. The number of carbonyl (C=O) groups is 2. The van der Waals surface area contributed by atoms with Crippen LogP contribution in [0.25, 0.3) is 0 Å². The molecule has 188 valence electrons. The van der Waals surface area contributed by atoms with E-state index in [4.69, 9.17) is 11.6 Å². The number of hydrogen-bond acceptors (Lipinski definition) is 7. The van der Waals surface area contributed by atoms with Gasteiger partial charge in [-0.1, -0.05) is 25.7 Å². The molecule has 1 atom stereocenters. The van der Waals surface area contributed by atoms with Crippen LogP contribution < -0.4 is 10.2 Å². The maximum absolute atomic E-state index is 15.3. The van der Waals surface area contributed by atoms with E-state index in [2.05, 4.69) is 27.1 Å². The van der Waals surface area contributed by atoms with Gasteiger partial charge in [-0.15, -0.1) is 0 Å². The number of carbonyl (C=O) groups excluding carboxylic acids is 2. The SMILES string of the molecule is CC1(N2CCCC2)CN(c2nc(Cl)nc(CNC(=O)[C@H](CC3CCCC3)CN(O)C=O)c2F)C1. The van der Waals surface area contributed by atoms with Crippen molar-refractivity contribution in [1.29, 1.82) is 0 Å². The van der Waals surface area contributed by atoms with E-state index in [0.717, 1.165) is 38.8 Å². The second-order valence-corrected chi connectivity index (χ2v) is 10.5. The first kappa shape index (κ1) is 25.1. The topological polar surface area (TPSA) is 102 Å². The van der Waals surface area contributed by atoms with Crippen molar-refractivity contribution >= 4 is 29.7 Å². The molecule has 0 aromatic carbocycles. The molecule has 4 rings (SSSR count). The minimum atomic E-state index is -0.588. The molecule has 11 heteroatoms. The van der Waals surface area contributed by atoms with Crippen molar-refractivity contribution in [3.8, 4) is 0 Å². The number of rotatable bonds is 10. The van der Waals surface area contributed by atoms with E-state index in [1.807, 2.05) is 4.90 Å². The second kappa shape index (κ2) is 10.7. The summed E-state index contributed by atoms with van der Waals surface area (Å²) < 4.78 is 15.3. The van der Waals surface area contributed by atoms with Crippen LogP contribution in [0.5, 0.6) is 0 Å². The van der Waals surface area contributed by atoms with E-state index < -0.39 is 11.7 Å². The van der Waals surface area contributed by atoms with Gasteiger partial charge in [0.05, 0.1) is 24.5 Å². The summed E-state index contributed by atoms with van der Waals surface area (Å²) in [6, 6.07) is 0. The molecule has 1 aliphatic carbocycles. The standard InChI is InChI=1S/C23H34ClFN6O3/c1-23(30-8-4-5-9-30)13-29(14-23)20-19(25)18(27-22(24)28-20)11-26-21(33)17(12-31(34)15-32)10-16-6-2-3-7-16/h15-17,34H,2-14H2,1H3,(H,26,33)/t17-/m1/s1. The van der Waals surface area contributed by atoms with Gasteiger partial charge in [0.15, 0.2) is 11.6 Å². The van der Waals surface area contributed by atoms with Gasteiger partial charge < -0.3 is 10.2 Å². The highest BCUT2D eigenvalue weighted by atomic mass is 35.5. The van der Waals surface area contributed by atoms with Crippen molar-refractivity contribution in [2.24, 2.45) is 11.8 Å². The molecule has 1 aromatic rings. The van der Waals surface area contributed by atoms with Crippen molar-refractivity contribution < 1.29 is 19.2 Å². The Balaban J connectivity index is 1.40. The lowest BCUT2D eigenvalue weighted by atomic mass is 9.90. The highest BCUT2D eigenvalue weighted by Crippen LogP contribution is 2.35. The van der Waals surface area contributed by atoms with Crippen LogP contribution in [0.3, 0.4) is 0 Å². The molecule has 0 spiro atoms. The van der Waals surface area contributed by atoms with Gasteiger partial charge in [0.1, 0.15) is 5.69 Å². The van der Waals surface area contributed by atoms with Gasteiger partial charge in [-0.2, -0.15) is 4.98 Å². The predicted octanol–water partition coefficient (Wildman–Crippen LogP) is 2.60. The molecule has 2 N–H and O–H groups in total. The summed E-state index contributed by atoms with van der Waals surface area (Å²) in [5, 5.41) is 12.8. The minimum Gasteiger partial charge on any atom is -0.350 e. The summed E-state index contributed by atoms with van der Waals surface area (Å²) in [4.78, 5) is 36.2. The lowest BCUT2D eigenvalue weighted by Crippen LogP contribution is -2.68. The maximum Gasteiger partial charge on any atom is 0.233 e. The molecule has 0 unspecified atom stereocenters. The quantitative estimate of drug-likeness (QED) is 0.222. The number of aromatic nitrogens is 2. The fourth-order valence-electron chi connectivity index (χ4n) is 5.66. The number of halogens is 2. The smallest absolute Gasteiger partial charge is 0.233 e. The van der Waals surface area contributed by atoms with Crippen molar-refractivity contribution in [2.45, 2.75) is 64.0 Å². The Morgan fingerprint density at radius 2 is 1.97 bits per heavy atom. The van der Waals surface area contributed by atoms with Gasteiger partial charge in [-0.05, 0) is 56.8 Å². The monoisotopic (exact) mass is 496 g/mol. The number of likely N-dealkylation sites (tertiary alicyclic amines) is 1. The Kier molecular flexibility index (Phi) is 7.89. The van der Waals surface area contributed by atoms with Gasteiger partial charge in [-0.25, -0.2) is 14.4 Å². The minimum absolute atomic E-state index is 0.00302. The van der Waals surface area contributed by atoms with E-state index in [1.54, 1.807) is 0 Å². The number of nitrogens with one attached hydrogen (secondary N) is 1. The lowest BCUT2D eigenvalue weighted by molar-refractivity contribution is -0.155. The normalized spacial score (nSPS) is 21.4. The van der Waals surface area contributed by atoms with Gasteiger partial charge in [0.2, 0.25) is 17.6 Å². The molecule has 0 radical (unpaired) electrons. The number of nitrogens with zero attached hydrogens (tertiary/aromatic N) is 5. The van der Waals surface area contributed by atoms with Gasteiger partial charge in [0.25, 0.3) is 0 Å². The Morgan fingerprint density at radius 3 is 2.62 bits per heavy atom.